The molecular weight excluding hydrogens is 359 g/mol. The summed E-state index contributed by atoms with van der Waals surface area (Å²) in [5, 5.41) is 2.91. The predicted octanol–water partition coefficient (Wildman–Crippen LogP) is 4.72. The van der Waals surface area contributed by atoms with E-state index in [9.17, 15) is 22.8 Å². The van der Waals surface area contributed by atoms with Crippen molar-refractivity contribution in [2.24, 2.45) is 0 Å². The summed E-state index contributed by atoms with van der Waals surface area (Å²) in [6.45, 7) is 0. The lowest BCUT2D eigenvalue weighted by atomic mass is 10.1. The molecule has 0 aliphatic heterocycles. The van der Waals surface area contributed by atoms with Crippen LogP contribution in [0.25, 0.3) is 10.8 Å². The van der Waals surface area contributed by atoms with E-state index in [2.05, 4.69) is 5.32 Å². The maximum absolute atomic E-state index is 12.8. The molecule has 25 heavy (non-hydrogen) atoms. The van der Waals surface area contributed by atoms with Gasteiger partial charge in [0.2, 0.25) is 0 Å². The first-order chi connectivity index (χ1) is 11.8. The van der Waals surface area contributed by atoms with Crippen molar-refractivity contribution in [3.8, 4) is 0 Å². The second-order valence-corrected chi connectivity index (χ2v) is 5.54. The van der Waals surface area contributed by atoms with Crippen LogP contribution >= 0.6 is 11.6 Å². The van der Waals surface area contributed by atoms with Gasteiger partial charge in [-0.1, -0.05) is 29.8 Å². The number of rotatable bonds is 2. The number of benzene rings is 2. The minimum Gasteiger partial charge on any atom is -0.417 e. The summed E-state index contributed by atoms with van der Waals surface area (Å²) in [5.74, 6) is -1.22. The van der Waals surface area contributed by atoms with Gasteiger partial charge in [0, 0.05) is 0 Å². The Labute approximate surface area is 143 Å². The normalized spacial score (nSPS) is 11.5. The maximum Gasteiger partial charge on any atom is 0.416 e. The molecule has 1 aromatic heterocycles. The molecule has 0 bridgehead atoms. The van der Waals surface area contributed by atoms with Crippen LogP contribution in [0.15, 0.2) is 57.7 Å². The summed E-state index contributed by atoms with van der Waals surface area (Å²) in [4.78, 5) is 24.1. The summed E-state index contributed by atoms with van der Waals surface area (Å²) in [6.07, 6.45) is -4.58. The highest BCUT2D eigenvalue weighted by Gasteiger charge is 2.31. The van der Waals surface area contributed by atoms with Gasteiger partial charge in [0.1, 0.15) is 0 Å². The second kappa shape index (κ2) is 6.25. The third-order valence-corrected chi connectivity index (χ3v) is 3.77. The lowest BCUT2D eigenvalue weighted by Gasteiger charge is -2.11. The standard InChI is InChI=1S/C17H9ClF3NO3/c18-12-6-5-10(17(19,20)21)8-13(12)22-15(23)14-7-9-3-1-2-4-11(9)16(24)25-14/h1-8H,(H,22,23). The molecule has 1 heterocycles. The van der Waals surface area contributed by atoms with Gasteiger partial charge in [0.25, 0.3) is 5.91 Å². The predicted molar refractivity (Wildman–Crippen MR) is 86.9 cm³/mol. The van der Waals surface area contributed by atoms with Gasteiger partial charge in [-0.2, -0.15) is 13.2 Å². The summed E-state index contributed by atoms with van der Waals surface area (Å²) >= 11 is 5.83. The van der Waals surface area contributed by atoms with Crippen molar-refractivity contribution in [1.29, 1.82) is 0 Å². The van der Waals surface area contributed by atoms with E-state index in [4.69, 9.17) is 16.0 Å². The van der Waals surface area contributed by atoms with Crippen molar-refractivity contribution in [3.63, 3.8) is 0 Å². The average molecular weight is 368 g/mol. The molecule has 0 aliphatic carbocycles. The lowest BCUT2D eigenvalue weighted by molar-refractivity contribution is -0.137. The van der Waals surface area contributed by atoms with Gasteiger partial charge in [0.15, 0.2) is 5.76 Å². The fourth-order valence-electron chi connectivity index (χ4n) is 2.23. The Morgan fingerprint density at radius 3 is 2.52 bits per heavy atom. The molecule has 2 aromatic carbocycles. The van der Waals surface area contributed by atoms with Crippen LogP contribution in [0.2, 0.25) is 5.02 Å². The topological polar surface area (TPSA) is 59.3 Å². The number of hydrogen-bond acceptors (Lipinski definition) is 3. The van der Waals surface area contributed by atoms with Gasteiger partial charge in [0.05, 0.1) is 21.7 Å². The number of nitrogens with one attached hydrogen (secondary N) is 1. The molecule has 4 nitrogen and oxygen atoms in total. The number of hydrogen-bond donors (Lipinski definition) is 1. The van der Waals surface area contributed by atoms with E-state index >= 15 is 0 Å². The Balaban J connectivity index is 1.97. The van der Waals surface area contributed by atoms with Gasteiger partial charge in [-0.05, 0) is 35.7 Å². The van der Waals surface area contributed by atoms with E-state index in [1.807, 2.05) is 0 Å². The SMILES string of the molecule is O=C(Nc1cc(C(F)(F)F)ccc1Cl)c1cc2ccccc2c(=O)o1. The summed E-state index contributed by atoms with van der Waals surface area (Å²) in [7, 11) is 0. The van der Waals surface area contributed by atoms with Crippen molar-refractivity contribution in [1.82, 2.24) is 0 Å². The number of halogens is 4. The van der Waals surface area contributed by atoms with Crippen molar-refractivity contribution in [2.75, 3.05) is 5.32 Å². The molecule has 0 radical (unpaired) electrons. The zero-order chi connectivity index (χ0) is 18.2. The van der Waals surface area contributed by atoms with Gasteiger partial charge in [-0.15, -0.1) is 0 Å². The highest BCUT2D eigenvalue weighted by Crippen LogP contribution is 2.34. The molecular formula is C17H9ClF3NO3. The smallest absolute Gasteiger partial charge is 0.416 e. The molecule has 1 amide bonds. The quantitative estimate of drug-likeness (QED) is 0.713. The van der Waals surface area contributed by atoms with E-state index in [0.717, 1.165) is 12.1 Å². The first-order valence-electron chi connectivity index (χ1n) is 6.97. The van der Waals surface area contributed by atoms with E-state index in [-0.39, 0.29) is 21.9 Å². The molecule has 0 saturated carbocycles. The van der Waals surface area contributed by atoms with Crippen molar-refractivity contribution in [3.05, 3.63) is 75.3 Å². The molecule has 0 saturated heterocycles. The van der Waals surface area contributed by atoms with Crippen LogP contribution in [-0.4, -0.2) is 5.91 Å². The van der Waals surface area contributed by atoms with Crippen LogP contribution in [0.1, 0.15) is 16.1 Å². The van der Waals surface area contributed by atoms with Gasteiger partial charge >= 0.3 is 11.8 Å². The average Bonchev–Trinajstić information content (AvgIpc) is 2.55. The summed E-state index contributed by atoms with van der Waals surface area (Å²) < 4.78 is 43.2. The minimum atomic E-state index is -4.58. The minimum absolute atomic E-state index is 0.0792. The fourth-order valence-corrected chi connectivity index (χ4v) is 2.39. The fraction of sp³-hybridized carbons (Fsp3) is 0.0588. The third kappa shape index (κ3) is 3.51. The first kappa shape index (κ1) is 17.0. The molecule has 0 atom stereocenters. The van der Waals surface area contributed by atoms with E-state index < -0.39 is 23.3 Å². The van der Waals surface area contributed by atoms with E-state index in [1.54, 1.807) is 18.2 Å². The number of carbonyl (C=O) groups is 1. The maximum atomic E-state index is 12.8. The molecule has 0 unspecified atom stereocenters. The summed E-state index contributed by atoms with van der Waals surface area (Å²) in [6, 6.07) is 10.3. The molecule has 128 valence electrons. The van der Waals surface area contributed by atoms with Crippen LogP contribution < -0.4 is 10.9 Å². The van der Waals surface area contributed by atoms with Crippen molar-refractivity contribution >= 4 is 34.0 Å². The Morgan fingerprint density at radius 2 is 1.80 bits per heavy atom. The molecule has 3 rings (SSSR count). The zero-order valence-corrected chi connectivity index (χ0v) is 13.1. The third-order valence-electron chi connectivity index (χ3n) is 3.44. The number of anilines is 1. The van der Waals surface area contributed by atoms with Crippen LogP contribution in [0.4, 0.5) is 18.9 Å². The lowest BCUT2D eigenvalue weighted by Crippen LogP contribution is -2.16. The van der Waals surface area contributed by atoms with E-state index in [0.29, 0.717) is 11.5 Å². The van der Waals surface area contributed by atoms with Crippen LogP contribution in [0.5, 0.6) is 0 Å². The largest absolute Gasteiger partial charge is 0.417 e. The molecule has 0 fully saturated rings. The molecule has 8 heteroatoms. The van der Waals surface area contributed by atoms with Crippen LogP contribution in [-0.2, 0) is 6.18 Å². The summed E-state index contributed by atoms with van der Waals surface area (Å²) in [5.41, 5.74) is -1.93. The molecule has 0 aliphatic rings. The highest BCUT2D eigenvalue weighted by molar-refractivity contribution is 6.33. The monoisotopic (exact) mass is 367 g/mol. The Hall–Kier alpha value is -2.80. The second-order valence-electron chi connectivity index (χ2n) is 5.13. The Kier molecular flexibility index (Phi) is 4.26. The van der Waals surface area contributed by atoms with Crippen molar-refractivity contribution < 1.29 is 22.4 Å². The molecule has 3 aromatic rings. The Bertz CT molecular complexity index is 1030. The van der Waals surface area contributed by atoms with E-state index in [1.165, 1.54) is 12.1 Å². The zero-order valence-electron chi connectivity index (χ0n) is 12.4. The van der Waals surface area contributed by atoms with Crippen LogP contribution in [0, 0.1) is 0 Å². The Morgan fingerprint density at radius 1 is 1.08 bits per heavy atom. The number of alkyl halides is 3. The number of fused-ring (bicyclic) bond motifs is 1. The number of amides is 1. The molecule has 0 spiro atoms. The highest BCUT2D eigenvalue weighted by atomic mass is 35.5. The molecule has 1 N–H and O–H groups in total. The van der Waals surface area contributed by atoms with Gasteiger partial charge in [-0.3, -0.25) is 4.79 Å². The first-order valence-corrected chi connectivity index (χ1v) is 7.34. The van der Waals surface area contributed by atoms with Crippen LogP contribution in [0.3, 0.4) is 0 Å². The number of carbonyl (C=O) groups excluding carboxylic acids is 1. The van der Waals surface area contributed by atoms with Gasteiger partial charge in [-0.25, -0.2) is 4.79 Å². The van der Waals surface area contributed by atoms with Crippen molar-refractivity contribution in [2.45, 2.75) is 6.18 Å². The van der Waals surface area contributed by atoms with Gasteiger partial charge < -0.3 is 9.73 Å².